The van der Waals surface area contributed by atoms with E-state index >= 15 is 0 Å². The molecule has 0 aliphatic carbocycles. The van der Waals surface area contributed by atoms with Crippen molar-refractivity contribution in [2.24, 2.45) is 0 Å². The van der Waals surface area contributed by atoms with Gasteiger partial charge in [-0.15, -0.1) is 0 Å². The Balaban J connectivity index is 1.85. The fourth-order valence-corrected chi connectivity index (χ4v) is 5.30. The number of nitrogens with zero attached hydrogens (tertiary/aromatic N) is 2. The Morgan fingerprint density at radius 3 is 2.56 bits per heavy atom. The van der Waals surface area contributed by atoms with Crippen LogP contribution < -0.4 is 9.64 Å². The number of Topliss-reactive ketones (excluding diaryl/α,β-unsaturated/α-hetero) is 1. The van der Waals surface area contributed by atoms with E-state index in [1.807, 2.05) is 13.8 Å². The Morgan fingerprint density at radius 1 is 1.21 bits per heavy atom. The molecular weight excluding hydrogens is 540 g/mol. The topological polar surface area (TPSA) is 106 Å². The van der Waals surface area contributed by atoms with Crippen molar-refractivity contribution in [1.82, 2.24) is 4.98 Å². The number of carbonyl (C=O) groups excluding carboxylic acids is 3. The molecule has 1 atom stereocenters. The molecule has 1 saturated heterocycles. The van der Waals surface area contributed by atoms with Gasteiger partial charge in [-0.05, 0) is 61.7 Å². The van der Waals surface area contributed by atoms with Crippen molar-refractivity contribution >= 4 is 51.5 Å². The number of hydrogen-bond acceptors (Lipinski definition) is 8. The van der Waals surface area contributed by atoms with Crippen LogP contribution in [0.2, 0.25) is 5.02 Å². The van der Waals surface area contributed by atoms with Gasteiger partial charge in [0.25, 0.3) is 5.78 Å². The molecule has 3 aromatic rings. The highest BCUT2D eigenvalue weighted by molar-refractivity contribution is 7.17. The summed E-state index contributed by atoms with van der Waals surface area (Å²) in [7, 11) is 0. The van der Waals surface area contributed by atoms with E-state index in [0.717, 1.165) is 23.3 Å². The van der Waals surface area contributed by atoms with Crippen molar-refractivity contribution in [3.63, 3.8) is 0 Å². The van der Waals surface area contributed by atoms with Crippen LogP contribution in [0.15, 0.2) is 60.7 Å². The zero-order valence-corrected chi connectivity index (χ0v) is 23.3. The van der Waals surface area contributed by atoms with E-state index in [-0.39, 0.29) is 27.9 Å². The number of ether oxygens (including phenoxy) is 2. The largest absolute Gasteiger partial charge is 0.507 e. The van der Waals surface area contributed by atoms with E-state index in [9.17, 15) is 19.5 Å². The van der Waals surface area contributed by atoms with Gasteiger partial charge >= 0.3 is 11.9 Å². The number of aryl methyl sites for hydroxylation is 2. The Hall–Kier alpha value is -3.95. The van der Waals surface area contributed by atoms with Gasteiger partial charge in [0.05, 0.1) is 23.9 Å². The number of thiazole rings is 1. The fraction of sp³-hybridized carbons (Fsp3) is 0.241. The molecule has 202 valence electrons. The summed E-state index contributed by atoms with van der Waals surface area (Å²) in [6.45, 7) is 9.55. The van der Waals surface area contributed by atoms with Crippen LogP contribution in [0.5, 0.6) is 5.75 Å². The van der Waals surface area contributed by atoms with Crippen LogP contribution in [0.1, 0.15) is 51.4 Å². The number of aromatic nitrogens is 1. The SMILES string of the molecule is C=CCOC(=O)c1sc(N2C(=O)C(=O)/C(=C(\O)c3ccc(OCCC)c(C)c3)C2c2ccc(Cl)cc2)nc1C. The van der Waals surface area contributed by atoms with Crippen molar-refractivity contribution in [3.8, 4) is 5.75 Å². The van der Waals surface area contributed by atoms with Crippen molar-refractivity contribution in [3.05, 3.63) is 93.0 Å². The number of aliphatic hydroxyl groups is 1. The maximum absolute atomic E-state index is 13.4. The van der Waals surface area contributed by atoms with Crippen molar-refractivity contribution < 1.29 is 29.0 Å². The van der Waals surface area contributed by atoms with Gasteiger partial charge in [-0.1, -0.05) is 54.6 Å². The third-order valence-corrected chi connectivity index (χ3v) is 7.44. The average Bonchev–Trinajstić information content (AvgIpc) is 3.43. The highest BCUT2D eigenvalue weighted by atomic mass is 35.5. The first-order valence-electron chi connectivity index (χ1n) is 12.2. The number of ketones is 1. The Bertz CT molecular complexity index is 1480. The summed E-state index contributed by atoms with van der Waals surface area (Å²) in [5.74, 6) is -2.04. The molecule has 1 fully saturated rings. The second-order valence-electron chi connectivity index (χ2n) is 8.85. The normalized spacial score (nSPS) is 16.4. The molecular formula is C29H27ClN2O6S. The van der Waals surface area contributed by atoms with Crippen LogP contribution >= 0.6 is 22.9 Å². The molecule has 1 unspecified atom stereocenters. The van der Waals surface area contributed by atoms with Crippen LogP contribution in [0.25, 0.3) is 5.76 Å². The summed E-state index contributed by atoms with van der Waals surface area (Å²) in [4.78, 5) is 45.2. The molecule has 39 heavy (non-hydrogen) atoms. The second-order valence-corrected chi connectivity index (χ2v) is 10.3. The van der Waals surface area contributed by atoms with Crippen LogP contribution in [0.4, 0.5) is 5.13 Å². The third kappa shape index (κ3) is 5.60. The predicted molar refractivity (Wildman–Crippen MR) is 151 cm³/mol. The van der Waals surface area contributed by atoms with Crippen molar-refractivity contribution in [1.29, 1.82) is 0 Å². The molecule has 10 heteroatoms. The number of rotatable bonds is 9. The molecule has 2 heterocycles. The Labute approximate surface area is 235 Å². The minimum atomic E-state index is -1.01. The van der Waals surface area contributed by atoms with Crippen molar-refractivity contribution in [2.75, 3.05) is 18.1 Å². The zero-order chi connectivity index (χ0) is 28.3. The van der Waals surface area contributed by atoms with Gasteiger partial charge in [-0.25, -0.2) is 9.78 Å². The van der Waals surface area contributed by atoms with E-state index < -0.39 is 23.7 Å². The molecule has 0 radical (unpaired) electrons. The molecule has 0 saturated carbocycles. The maximum atomic E-state index is 13.4. The quantitative estimate of drug-likeness (QED) is 0.108. The lowest BCUT2D eigenvalue weighted by Crippen LogP contribution is -2.29. The number of hydrogen-bond donors (Lipinski definition) is 1. The lowest BCUT2D eigenvalue weighted by Gasteiger charge is -2.23. The van der Waals surface area contributed by atoms with E-state index in [4.69, 9.17) is 21.1 Å². The molecule has 1 aliphatic heterocycles. The molecule has 1 N–H and O–H groups in total. The van der Waals surface area contributed by atoms with E-state index in [0.29, 0.717) is 34.2 Å². The maximum Gasteiger partial charge on any atom is 0.350 e. The smallest absolute Gasteiger partial charge is 0.350 e. The summed E-state index contributed by atoms with van der Waals surface area (Å²) in [5.41, 5.74) is 1.90. The summed E-state index contributed by atoms with van der Waals surface area (Å²) >= 11 is 7.03. The van der Waals surface area contributed by atoms with Gasteiger partial charge in [0.1, 0.15) is 23.0 Å². The van der Waals surface area contributed by atoms with Gasteiger partial charge in [0, 0.05) is 10.6 Å². The van der Waals surface area contributed by atoms with Crippen LogP contribution in [0, 0.1) is 13.8 Å². The third-order valence-electron chi connectivity index (χ3n) is 6.05. The van der Waals surface area contributed by atoms with E-state index in [1.54, 1.807) is 49.4 Å². The lowest BCUT2D eigenvalue weighted by atomic mass is 9.95. The minimum absolute atomic E-state index is 0.0164. The zero-order valence-electron chi connectivity index (χ0n) is 21.7. The Morgan fingerprint density at radius 2 is 1.92 bits per heavy atom. The molecule has 8 nitrogen and oxygen atoms in total. The summed E-state index contributed by atoms with van der Waals surface area (Å²) in [6.07, 6.45) is 2.29. The van der Waals surface area contributed by atoms with Gasteiger partial charge in [0.15, 0.2) is 5.13 Å². The fourth-order valence-electron chi connectivity index (χ4n) is 4.19. The van der Waals surface area contributed by atoms with Crippen LogP contribution in [-0.2, 0) is 14.3 Å². The lowest BCUT2D eigenvalue weighted by molar-refractivity contribution is -0.132. The monoisotopic (exact) mass is 566 g/mol. The number of benzene rings is 2. The first-order chi connectivity index (χ1) is 18.7. The summed E-state index contributed by atoms with van der Waals surface area (Å²) in [5, 5.41) is 12.0. The van der Waals surface area contributed by atoms with Crippen LogP contribution in [0.3, 0.4) is 0 Å². The number of amides is 1. The average molecular weight is 567 g/mol. The Kier molecular flexibility index (Phi) is 8.52. The standard InChI is InChI=1S/C29H27ClN2O6S/c1-5-13-37-21-12-9-19(15-16(21)3)24(33)22-23(18-7-10-20(30)11-8-18)32(27(35)25(22)34)29-31-17(4)26(39-29)28(36)38-14-6-2/h6-12,15,23,33H,2,5,13-14H2,1,3-4H3/b24-22-. The van der Waals surface area contributed by atoms with Gasteiger partial charge in [-0.2, -0.15) is 0 Å². The first-order valence-corrected chi connectivity index (χ1v) is 13.4. The number of carbonyl (C=O) groups is 3. The highest BCUT2D eigenvalue weighted by Gasteiger charge is 2.48. The van der Waals surface area contributed by atoms with Gasteiger partial charge in [-0.3, -0.25) is 14.5 Å². The molecule has 4 rings (SSSR count). The van der Waals surface area contributed by atoms with E-state index in [1.165, 1.54) is 11.0 Å². The van der Waals surface area contributed by atoms with E-state index in [2.05, 4.69) is 11.6 Å². The summed E-state index contributed by atoms with van der Waals surface area (Å²) < 4.78 is 10.9. The van der Waals surface area contributed by atoms with Gasteiger partial charge in [0.2, 0.25) is 0 Å². The minimum Gasteiger partial charge on any atom is -0.507 e. The molecule has 1 aliphatic rings. The number of aliphatic hydroxyl groups excluding tert-OH is 1. The number of esters is 1. The molecule has 0 bridgehead atoms. The molecule has 1 aromatic heterocycles. The number of halogens is 1. The predicted octanol–water partition coefficient (Wildman–Crippen LogP) is 6.17. The molecule has 2 aromatic carbocycles. The number of anilines is 1. The molecule has 0 spiro atoms. The van der Waals surface area contributed by atoms with Crippen molar-refractivity contribution in [2.45, 2.75) is 33.2 Å². The first kappa shape index (κ1) is 28.1. The highest BCUT2D eigenvalue weighted by Crippen LogP contribution is 2.44. The summed E-state index contributed by atoms with van der Waals surface area (Å²) in [6, 6.07) is 10.7. The second kappa shape index (κ2) is 11.8. The van der Waals surface area contributed by atoms with Gasteiger partial charge < -0.3 is 14.6 Å². The van der Waals surface area contributed by atoms with Crippen LogP contribution in [-0.4, -0.2) is 41.0 Å². The molecule has 1 amide bonds.